The fourth-order valence-electron chi connectivity index (χ4n) is 3.18. The maximum atomic E-state index is 11.1. The lowest BCUT2D eigenvalue weighted by Crippen LogP contribution is -2.33. The molecule has 0 spiro atoms. The molecule has 1 heterocycles. The lowest BCUT2D eigenvalue weighted by Gasteiger charge is -2.23. The monoisotopic (exact) mass is 301 g/mol. The quantitative estimate of drug-likeness (QED) is 0.840. The van der Waals surface area contributed by atoms with Gasteiger partial charge in [-0.05, 0) is 24.5 Å². The van der Waals surface area contributed by atoms with Crippen molar-refractivity contribution in [2.24, 2.45) is 5.92 Å². The van der Waals surface area contributed by atoms with Crippen LogP contribution in [0.4, 0.5) is 0 Å². The highest BCUT2D eigenvalue weighted by Gasteiger charge is 2.31. The van der Waals surface area contributed by atoms with Gasteiger partial charge in [-0.25, -0.2) is 0 Å². The molecule has 0 saturated heterocycles. The van der Waals surface area contributed by atoms with Crippen molar-refractivity contribution in [3.05, 3.63) is 41.5 Å². The van der Waals surface area contributed by atoms with Crippen LogP contribution in [0.2, 0.25) is 0 Å². The molecule has 4 heteroatoms. The summed E-state index contributed by atoms with van der Waals surface area (Å²) in [6.07, 6.45) is 5.33. The van der Waals surface area contributed by atoms with Crippen molar-refractivity contribution in [2.75, 3.05) is 6.61 Å². The van der Waals surface area contributed by atoms with Gasteiger partial charge in [0.05, 0.1) is 12.5 Å². The number of carbonyl (C=O) groups is 1. The summed E-state index contributed by atoms with van der Waals surface area (Å²) in [5.74, 6) is 0.00265. The van der Waals surface area contributed by atoms with Crippen LogP contribution in [0.15, 0.2) is 30.4 Å². The Morgan fingerprint density at radius 1 is 1.45 bits per heavy atom. The summed E-state index contributed by atoms with van der Waals surface area (Å²) in [6, 6.07) is 6.50. The normalized spacial score (nSPS) is 25.5. The van der Waals surface area contributed by atoms with Gasteiger partial charge in [0.15, 0.2) is 0 Å². The number of hydrogen-bond donors (Lipinski definition) is 2. The summed E-state index contributed by atoms with van der Waals surface area (Å²) in [4.78, 5) is 11.1. The Morgan fingerprint density at radius 2 is 2.27 bits per heavy atom. The van der Waals surface area contributed by atoms with E-state index in [-0.39, 0.29) is 17.4 Å². The predicted octanol–water partition coefficient (Wildman–Crippen LogP) is 2.87. The lowest BCUT2D eigenvalue weighted by molar-refractivity contribution is -0.142. The molecule has 1 aromatic rings. The number of fused-ring (bicyclic) bond motifs is 1. The van der Waals surface area contributed by atoms with Gasteiger partial charge in [-0.15, -0.1) is 0 Å². The molecule has 2 atom stereocenters. The summed E-state index contributed by atoms with van der Waals surface area (Å²) < 4.78 is 5.78. The minimum Gasteiger partial charge on any atom is -0.492 e. The second kappa shape index (κ2) is 5.76. The number of hydrogen-bond acceptors (Lipinski definition) is 3. The van der Waals surface area contributed by atoms with Crippen molar-refractivity contribution in [1.29, 1.82) is 0 Å². The summed E-state index contributed by atoms with van der Waals surface area (Å²) in [7, 11) is 0. The molecule has 1 aliphatic carbocycles. The Hall–Kier alpha value is -1.81. The third kappa shape index (κ3) is 3.02. The van der Waals surface area contributed by atoms with Crippen molar-refractivity contribution >= 4 is 5.97 Å². The molecule has 0 unspecified atom stereocenters. The Bertz CT molecular complexity index is 606. The lowest BCUT2D eigenvalue weighted by atomic mass is 9.86. The van der Waals surface area contributed by atoms with Gasteiger partial charge >= 0.3 is 5.97 Å². The summed E-state index contributed by atoms with van der Waals surface area (Å²) in [6.45, 7) is 5.83. The van der Waals surface area contributed by atoms with E-state index >= 15 is 0 Å². The average molecular weight is 301 g/mol. The molecule has 1 aromatic carbocycles. The number of nitrogens with one attached hydrogen (secondary N) is 1. The third-order valence-electron chi connectivity index (χ3n) is 4.61. The van der Waals surface area contributed by atoms with Crippen molar-refractivity contribution in [3.8, 4) is 5.75 Å². The molecule has 118 valence electrons. The van der Waals surface area contributed by atoms with E-state index in [1.807, 2.05) is 6.08 Å². The standard InChI is InChI=1S/C18H23NO3/c1-18(2)11-22-16-8-12(6-7-15(16)18)10-19-14-5-3-4-13(9-14)17(20)21/h3,5-8,13-14,19H,4,9-11H2,1-2H3,(H,20,21)/t13-,14-/m0/s1. The molecule has 2 aliphatic rings. The molecule has 1 aliphatic heterocycles. The Morgan fingerprint density at radius 3 is 3.05 bits per heavy atom. The van der Waals surface area contributed by atoms with Crippen LogP contribution >= 0.6 is 0 Å². The van der Waals surface area contributed by atoms with Gasteiger partial charge < -0.3 is 15.2 Å². The van der Waals surface area contributed by atoms with E-state index in [0.717, 1.165) is 18.9 Å². The molecule has 0 amide bonds. The van der Waals surface area contributed by atoms with E-state index in [1.165, 1.54) is 11.1 Å². The zero-order valence-electron chi connectivity index (χ0n) is 13.1. The minimum absolute atomic E-state index is 0.0854. The third-order valence-corrected chi connectivity index (χ3v) is 4.61. The van der Waals surface area contributed by atoms with Gasteiger partial charge in [0, 0.05) is 23.6 Å². The van der Waals surface area contributed by atoms with Gasteiger partial charge in [-0.2, -0.15) is 0 Å². The first kappa shape index (κ1) is 15.1. The highest BCUT2D eigenvalue weighted by atomic mass is 16.5. The Labute approximate surface area is 131 Å². The van der Waals surface area contributed by atoms with E-state index in [9.17, 15) is 4.79 Å². The first-order chi connectivity index (χ1) is 10.5. The minimum atomic E-state index is -0.704. The van der Waals surface area contributed by atoms with Gasteiger partial charge in [-0.1, -0.05) is 38.1 Å². The molecule has 3 rings (SSSR count). The predicted molar refractivity (Wildman–Crippen MR) is 85.1 cm³/mol. The zero-order valence-corrected chi connectivity index (χ0v) is 13.1. The van der Waals surface area contributed by atoms with Crippen LogP contribution in [0.25, 0.3) is 0 Å². The number of rotatable bonds is 4. The fourth-order valence-corrected chi connectivity index (χ4v) is 3.18. The van der Waals surface area contributed by atoms with Crippen molar-refractivity contribution in [2.45, 2.75) is 44.7 Å². The Balaban J connectivity index is 1.62. The van der Waals surface area contributed by atoms with Crippen LogP contribution in [-0.4, -0.2) is 23.7 Å². The number of carboxylic acids is 1. The molecule has 0 aromatic heterocycles. The maximum Gasteiger partial charge on any atom is 0.306 e. The van der Waals surface area contributed by atoms with Crippen molar-refractivity contribution in [1.82, 2.24) is 5.32 Å². The SMILES string of the molecule is CC1(C)COc2cc(CN[C@H]3C=CC[C@H](C(=O)O)C3)ccc21. The number of carboxylic acid groups (broad SMARTS) is 1. The number of benzene rings is 1. The average Bonchev–Trinajstić information content (AvgIpc) is 2.80. The van der Waals surface area contributed by atoms with E-state index in [0.29, 0.717) is 12.8 Å². The first-order valence-electron chi connectivity index (χ1n) is 7.85. The van der Waals surface area contributed by atoms with Gasteiger partial charge in [-0.3, -0.25) is 4.79 Å². The smallest absolute Gasteiger partial charge is 0.306 e. The topological polar surface area (TPSA) is 58.6 Å². The van der Waals surface area contributed by atoms with Gasteiger partial charge in [0.25, 0.3) is 0 Å². The first-order valence-corrected chi connectivity index (χ1v) is 7.85. The summed E-state index contributed by atoms with van der Waals surface area (Å²) >= 11 is 0. The number of ether oxygens (including phenoxy) is 1. The fraction of sp³-hybridized carbons (Fsp3) is 0.500. The van der Waals surface area contributed by atoms with E-state index in [2.05, 4.69) is 43.4 Å². The molecular weight excluding hydrogens is 278 g/mol. The van der Waals surface area contributed by atoms with Crippen molar-refractivity contribution < 1.29 is 14.6 Å². The van der Waals surface area contributed by atoms with Gasteiger partial charge in [0.1, 0.15) is 5.75 Å². The zero-order chi connectivity index (χ0) is 15.7. The highest BCUT2D eigenvalue weighted by molar-refractivity contribution is 5.70. The number of aliphatic carboxylic acids is 1. The second-order valence-electron chi connectivity index (χ2n) is 6.93. The van der Waals surface area contributed by atoms with E-state index in [4.69, 9.17) is 9.84 Å². The molecule has 0 saturated carbocycles. The maximum absolute atomic E-state index is 11.1. The highest BCUT2D eigenvalue weighted by Crippen LogP contribution is 2.38. The molecule has 22 heavy (non-hydrogen) atoms. The van der Waals surface area contributed by atoms with Crippen molar-refractivity contribution in [3.63, 3.8) is 0 Å². The van der Waals surface area contributed by atoms with Crippen LogP contribution < -0.4 is 10.1 Å². The van der Waals surface area contributed by atoms with E-state index < -0.39 is 5.97 Å². The van der Waals surface area contributed by atoms with Crippen LogP contribution in [0.1, 0.15) is 37.8 Å². The van der Waals surface area contributed by atoms with Crippen LogP contribution in [-0.2, 0) is 16.8 Å². The molecule has 0 bridgehead atoms. The molecule has 0 radical (unpaired) electrons. The molecule has 2 N–H and O–H groups in total. The van der Waals surface area contributed by atoms with Gasteiger partial charge in [0.2, 0.25) is 0 Å². The molecular formula is C18H23NO3. The molecule has 4 nitrogen and oxygen atoms in total. The van der Waals surface area contributed by atoms with Crippen LogP contribution in [0, 0.1) is 5.92 Å². The van der Waals surface area contributed by atoms with E-state index in [1.54, 1.807) is 0 Å². The number of allylic oxidation sites excluding steroid dienone is 1. The second-order valence-corrected chi connectivity index (χ2v) is 6.93. The Kier molecular flexibility index (Phi) is 3.96. The largest absolute Gasteiger partial charge is 0.492 e. The summed E-state index contributed by atoms with van der Waals surface area (Å²) in [5, 5.41) is 12.5. The molecule has 0 fully saturated rings. The van der Waals surface area contributed by atoms with Crippen LogP contribution in [0.5, 0.6) is 5.75 Å². The summed E-state index contributed by atoms with van der Waals surface area (Å²) in [5.41, 5.74) is 2.52. The van der Waals surface area contributed by atoms with Crippen LogP contribution in [0.3, 0.4) is 0 Å².